The molecule has 7 nitrogen and oxygen atoms in total. The van der Waals surface area contributed by atoms with E-state index in [9.17, 15) is 0 Å². The van der Waals surface area contributed by atoms with Gasteiger partial charge in [-0.1, -0.05) is 54.6 Å². The zero-order valence-corrected chi connectivity index (χ0v) is 16.5. The molecular weight excluding hydrogens is 374 g/mol. The average Bonchev–Trinajstić information content (AvgIpc) is 3.25. The highest BCUT2D eigenvalue weighted by atomic mass is 15.2. The molecule has 5 aromatic rings. The lowest BCUT2D eigenvalue weighted by atomic mass is 10.0. The van der Waals surface area contributed by atoms with E-state index >= 15 is 0 Å². The molecule has 0 aliphatic rings. The lowest BCUT2D eigenvalue weighted by Crippen LogP contribution is -2.47. The number of H-pyrrole nitrogens is 1. The highest BCUT2D eigenvalue weighted by Crippen LogP contribution is 2.31. The number of rotatable bonds is 4. The molecule has 3 heterocycles. The summed E-state index contributed by atoms with van der Waals surface area (Å²) in [5, 5.41) is 7.05. The number of aryl methyl sites for hydroxylation is 1. The summed E-state index contributed by atoms with van der Waals surface area (Å²) in [5.74, 6) is 1.29. The third kappa shape index (κ3) is 3.31. The zero-order chi connectivity index (χ0) is 20.5. The van der Waals surface area contributed by atoms with Gasteiger partial charge >= 0.3 is 0 Å². The Kier molecular flexibility index (Phi) is 4.49. The number of pyridine rings is 1. The van der Waals surface area contributed by atoms with E-state index in [0.29, 0.717) is 17.2 Å². The van der Waals surface area contributed by atoms with E-state index in [2.05, 4.69) is 50.2 Å². The molecule has 2 aromatic carbocycles. The van der Waals surface area contributed by atoms with Crippen LogP contribution in [0.3, 0.4) is 0 Å². The van der Waals surface area contributed by atoms with Crippen LogP contribution in [0, 0.1) is 6.92 Å². The average molecular weight is 394 g/mol. The molecule has 146 valence electrons. The Morgan fingerprint density at radius 2 is 1.50 bits per heavy atom. The van der Waals surface area contributed by atoms with Crippen LogP contribution in [-0.4, -0.2) is 30.1 Å². The molecule has 0 fully saturated rings. The number of aromatic nitrogens is 6. The van der Waals surface area contributed by atoms with Crippen LogP contribution in [0.4, 0.5) is 0 Å². The third-order valence-corrected chi connectivity index (χ3v) is 4.92. The Balaban J connectivity index is 1.71. The van der Waals surface area contributed by atoms with Crippen molar-refractivity contribution in [1.29, 1.82) is 0 Å². The van der Waals surface area contributed by atoms with E-state index < -0.39 is 0 Å². The second-order valence-corrected chi connectivity index (χ2v) is 7.02. The number of aromatic amines is 1. The Morgan fingerprint density at radius 1 is 0.767 bits per heavy atom. The molecule has 0 bridgehead atoms. The lowest BCUT2D eigenvalue weighted by Gasteiger charge is -2.11. The number of benzene rings is 2. The van der Waals surface area contributed by atoms with Gasteiger partial charge in [0.05, 0.1) is 17.9 Å². The highest BCUT2D eigenvalue weighted by molar-refractivity contribution is 5.85. The molecular formula is C23H20N7+. The standard InChI is InChI=1S/C23H19N7/c1-14-25-23(30-29-14)19-12-11-18-22(27-19)28-21(16-5-3-2-4-6-16)20(26-18)17-9-7-15(13-24)8-10-17/h2-12H,13,24H2,1H3,(H,25,29,30)/p+1. The first-order valence-electron chi connectivity index (χ1n) is 9.73. The first kappa shape index (κ1) is 18.1. The van der Waals surface area contributed by atoms with Gasteiger partial charge in [0.15, 0.2) is 11.5 Å². The number of hydrogen-bond acceptors (Lipinski definition) is 5. The van der Waals surface area contributed by atoms with Crippen LogP contribution < -0.4 is 5.73 Å². The Hall–Kier alpha value is -3.97. The predicted molar refractivity (Wildman–Crippen MR) is 115 cm³/mol. The minimum absolute atomic E-state index is 0.547. The van der Waals surface area contributed by atoms with Gasteiger partial charge in [0, 0.05) is 16.7 Å². The molecule has 30 heavy (non-hydrogen) atoms. The smallest absolute Gasteiger partial charge is 0.199 e. The summed E-state index contributed by atoms with van der Waals surface area (Å²) in [6.07, 6.45) is 0. The first-order chi connectivity index (χ1) is 14.7. The number of nitrogens with zero attached hydrogens (tertiary/aromatic N) is 5. The van der Waals surface area contributed by atoms with Crippen LogP contribution >= 0.6 is 0 Å². The molecule has 0 aliphatic heterocycles. The SMILES string of the molecule is Cc1nc(-c2ccc3nc(-c4ccc(C[NH3+])cc4)c(-c4ccccc4)nc3n2)n[nH]1. The quantitative estimate of drug-likeness (QED) is 0.487. The van der Waals surface area contributed by atoms with Crippen molar-refractivity contribution in [2.75, 3.05) is 0 Å². The molecule has 0 unspecified atom stereocenters. The fourth-order valence-electron chi connectivity index (χ4n) is 3.35. The van der Waals surface area contributed by atoms with E-state index in [4.69, 9.17) is 9.97 Å². The van der Waals surface area contributed by atoms with Gasteiger partial charge in [0.2, 0.25) is 0 Å². The normalized spacial score (nSPS) is 11.1. The molecule has 0 spiro atoms. The number of hydrogen-bond donors (Lipinski definition) is 2. The van der Waals surface area contributed by atoms with Crippen LogP contribution in [-0.2, 0) is 6.54 Å². The first-order valence-corrected chi connectivity index (χ1v) is 9.73. The van der Waals surface area contributed by atoms with Crippen molar-refractivity contribution in [3.8, 4) is 34.0 Å². The molecule has 0 saturated carbocycles. The fourth-order valence-corrected chi connectivity index (χ4v) is 3.35. The van der Waals surface area contributed by atoms with E-state index in [1.54, 1.807) is 0 Å². The van der Waals surface area contributed by atoms with Gasteiger partial charge in [-0.25, -0.2) is 19.9 Å². The van der Waals surface area contributed by atoms with Crippen LogP contribution in [0.2, 0.25) is 0 Å². The summed E-state index contributed by atoms with van der Waals surface area (Å²) in [4.78, 5) is 18.9. The third-order valence-electron chi connectivity index (χ3n) is 4.92. The topological polar surface area (TPSA) is 108 Å². The molecule has 0 saturated heterocycles. The zero-order valence-electron chi connectivity index (χ0n) is 16.5. The molecule has 0 amide bonds. The number of quaternary nitrogens is 1. The maximum absolute atomic E-state index is 4.93. The summed E-state index contributed by atoms with van der Waals surface area (Å²) in [5.41, 5.74) is 10.7. The summed E-state index contributed by atoms with van der Waals surface area (Å²) < 4.78 is 0. The number of fused-ring (bicyclic) bond motifs is 1. The van der Waals surface area contributed by atoms with Gasteiger partial charge in [0.25, 0.3) is 0 Å². The Bertz CT molecular complexity index is 1330. The van der Waals surface area contributed by atoms with Crippen molar-refractivity contribution in [3.63, 3.8) is 0 Å². The van der Waals surface area contributed by atoms with Crippen LogP contribution in [0.5, 0.6) is 0 Å². The molecule has 0 radical (unpaired) electrons. The largest absolute Gasteiger partial charge is 0.354 e. The number of nitrogens with one attached hydrogen (secondary N) is 1. The minimum atomic E-state index is 0.547. The monoisotopic (exact) mass is 394 g/mol. The summed E-state index contributed by atoms with van der Waals surface area (Å²) in [7, 11) is 0. The van der Waals surface area contributed by atoms with E-state index in [0.717, 1.165) is 40.4 Å². The van der Waals surface area contributed by atoms with Gasteiger partial charge in [-0.15, -0.1) is 0 Å². The van der Waals surface area contributed by atoms with Crippen LogP contribution in [0.1, 0.15) is 11.4 Å². The molecule has 7 heteroatoms. The van der Waals surface area contributed by atoms with Gasteiger partial charge in [0.1, 0.15) is 17.0 Å². The maximum atomic E-state index is 4.93. The fraction of sp³-hybridized carbons (Fsp3) is 0.0870. The second kappa shape index (κ2) is 7.46. The molecule has 0 atom stereocenters. The summed E-state index contributed by atoms with van der Waals surface area (Å²) >= 11 is 0. The molecule has 3 aromatic heterocycles. The van der Waals surface area contributed by atoms with Gasteiger partial charge in [-0.2, -0.15) is 5.10 Å². The summed E-state index contributed by atoms with van der Waals surface area (Å²) in [6, 6.07) is 22.1. The minimum Gasteiger partial charge on any atom is -0.354 e. The van der Waals surface area contributed by atoms with E-state index in [1.807, 2.05) is 49.4 Å². The van der Waals surface area contributed by atoms with E-state index in [1.165, 1.54) is 5.56 Å². The summed E-state index contributed by atoms with van der Waals surface area (Å²) in [6.45, 7) is 2.61. The Labute approximate surface area is 173 Å². The van der Waals surface area contributed by atoms with Crippen molar-refractivity contribution in [3.05, 3.63) is 78.1 Å². The second-order valence-electron chi connectivity index (χ2n) is 7.02. The van der Waals surface area contributed by atoms with Crippen molar-refractivity contribution >= 4 is 11.2 Å². The van der Waals surface area contributed by atoms with Crippen molar-refractivity contribution in [2.24, 2.45) is 0 Å². The lowest BCUT2D eigenvalue weighted by molar-refractivity contribution is -0.386. The van der Waals surface area contributed by atoms with Gasteiger partial charge in [-0.3, -0.25) is 5.10 Å². The van der Waals surface area contributed by atoms with Gasteiger partial charge < -0.3 is 5.73 Å². The molecule has 4 N–H and O–H groups in total. The molecule has 5 rings (SSSR count). The van der Waals surface area contributed by atoms with Gasteiger partial charge in [-0.05, 0) is 19.1 Å². The predicted octanol–water partition coefficient (Wildman–Crippen LogP) is 3.19. The van der Waals surface area contributed by atoms with Crippen molar-refractivity contribution < 1.29 is 5.73 Å². The maximum Gasteiger partial charge on any atom is 0.199 e. The van der Waals surface area contributed by atoms with E-state index in [-0.39, 0.29) is 0 Å². The van der Waals surface area contributed by atoms with Crippen LogP contribution in [0.25, 0.3) is 45.2 Å². The van der Waals surface area contributed by atoms with Crippen molar-refractivity contribution in [2.45, 2.75) is 13.5 Å². The highest BCUT2D eigenvalue weighted by Gasteiger charge is 2.15. The Morgan fingerprint density at radius 3 is 2.20 bits per heavy atom. The van der Waals surface area contributed by atoms with Crippen LogP contribution in [0.15, 0.2) is 66.7 Å². The molecule has 0 aliphatic carbocycles. The van der Waals surface area contributed by atoms with Crippen molar-refractivity contribution in [1.82, 2.24) is 30.1 Å².